The molecule has 0 bridgehead atoms. The van der Waals surface area contributed by atoms with Crippen LogP contribution >= 0.6 is 23.2 Å². The van der Waals surface area contributed by atoms with Crippen molar-refractivity contribution in [3.05, 3.63) is 69.2 Å². The maximum absolute atomic E-state index is 12.6. The first-order valence-electron chi connectivity index (χ1n) is 8.43. The molecule has 1 aliphatic heterocycles. The van der Waals surface area contributed by atoms with E-state index >= 15 is 0 Å². The number of hydrogen-bond donors (Lipinski definition) is 0. The second kappa shape index (κ2) is 8.11. The molecule has 0 N–H and O–H groups in total. The van der Waals surface area contributed by atoms with E-state index in [-0.39, 0.29) is 12.3 Å². The highest BCUT2D eigenvalue weighted by Gasteiger charge is 2.26. The van der Waals surface area contributed by atoms with E-state index in [9.17, 15) is 9.59 Å². The van der Waals surface area contributed by atoms with E-state index in [1.54, 1.807) is 30.0 Å². The van der Waals surface area contributed by atoms with Gasteiger partial charge in [0.15, 0.2) is 6.10 Å². The summed E-state index contributed by atoms with van der Waals surface area (Å²) in [6.45, 7) is 2.78. The average molecular weight is 392 g/mol. The van der Waals surface area contributed by atoms with Gasteiger partial charge in [0.1, 0.15) is 0 Å². The Bertz CT molecular complexity index is 838. The van der Waals surface area contributed by atoms with Gasteiger partial charge in [0.05, 0.1) is 16.5 Å². The molecule has 1 atom stereocenters. The maximum atomic E-state index is 12.6. The van der Waals surface area contributed by atoms with Crippen LogP contribution in [0.4, 0.5) is 0 Å². The summed E-state index contributed by atoms with van der Waals surface area (Å²) in [5.41, 5.74) is 3.10. The Morgan fingerprint density at radius 3 is 2.58 bits per heavy atom. The third-order valence-corrected chi connectivity index (χ3v) is 5.17. The Labute approximate surface area is 162 Å². The number of hydrogen-bond acceptors (Lipinski definition) is 3. The number of ether oxygens (including phenoxy) is 1. The Kier molecular flexibility index (Phi) is 5.84. The third-order valence-electron chi connectivity index (χ3n) is 4.43. The van der Waals surface area contributed by atoms with Crippen LogP contribution in [-0.4, -0.2) is 29.4 Å². The van der Waals surface area contributed by atoms with Crippen molar-refractivity contribution in [1.29, 1.82) is 0 Å². The highest BCUT2D eigenvalue weighted by atomic mass is 35.5. The van der Waals surface area contributed by atoms with Crippen molar-refractivity contribution in [2.45, 2.75) is 32.4 Å². The fourth-order valence-corrected chi connectivity index (χ4v) is 3.37. The van der Waals surface area contributed by atoms with Gasteiger partial charge in [-0.3, -0.25) is 9.59 Å². The van der Waals surface area contributed by atoms with Crippen LogP contribution in [-0.2, 0) is 33.7 Å². The van der Waals surface area contributed by atoms with E-state index in [1.807, 2.05) is 18.2 Å². The molecule has 6 heteroatoms. The molecule has 1 heterocycles. The SMILES string of the molecule is C[C@H](OC(=O)Cc1ccc(Cl)c(Cl)c1)C(=O)N1CCc2ccccc2C1. The summed E-state index contributed by atoms with van der Waals surface area (Å²) in [5, 5.41) is 0.811. The second-order valence-corrected chi connectivity index (χ2v) is 7.15. The fourth-order valence-electron chi connectivity index (χ4n) is 3.05. The molecule has 0 aliphatic carbocycles. The first-order chi connectivity index (χ1) is 12.4. The Balaban J connectivity index is 1.57. The molecule has 0 saturated carbocycles. The van der Waals surface area contributed by atoms with Crippen molar-refractivity contribution in [3.8, 4) is 0 Å². The highest BCUT2D eigenvalue weighted by Crippen LogP contribution is 2.23. The molecular formula is C20H19Cl2NO3. The van der Waals surface area contributed by atoms with Gasteiger partial charge >= 0.3 is 5.97 Å². The van der Waals surface area contributed by atoms with Crippen LogP contribution in [0.2, 0.25) is 10.0 Å². The monoisotopic (exact) mass is 391 g/mol. The van der Waals surface area contributed by atoms with Gasteiger partial charge in [0, 0.05) is 13.1 Å². The summed E-state index contributed by atoms with van der Waals surface area (Å²) in [7, 11) is 0. The summed E-state index contributed by atoms with van der Waals surface area (Å²) in [6.07, 6.45) is 0.0268. The minimum absolute atomic E-state index is 0.0390. The van der Waals surface area contributed by atoms with Gasteiger partial charge in [-0.25, -0.2) is 0 Å². The van der Waals surface area contributed by atoms with Crippen LogP contribution in [0.25, 0.3) is 0 Å². The fraction of sp³-hybridized carbons (Fsp3) is 0.300. The number of amides is 1. The van der Waals surface area contributed by atoms with Crippen molar-refractivity contribution in [1.82, 2.24) is 4.90 Å². The summed E-state index contributed by atoms with van der Waals surface area (Å²) in [6, 6.07) is 13.0. The van der Waals surface area contributed by atoms with E-state index in [0.29, 0.717) is 28.7 Å². The van der Waals surface area contributed by atoms with Crippen molar-refractivity contribution in [2.24, 2.45) is 0 Å². The largest absolute Gasteiger partial charge is 0.452 e. The first-order valence-corrected chi connectivity index (χ1v) is 9.18. The Morgan fingerprint density at radius 2 is 1.85 bits per heavy atom. The Hall–Kier alpha value is -2.04. The van der Waals surface area contributed by atoms with Gasteiger partial charge in [-0.2, -0.15) is 0 Å². The second-order valence-electron chi connectivity index (χ2n) is 6.34. The Morgan fingerprint density at radius 1 is 1.12 bits per heavy atom. The molecule has 4 nitrogen and oxygen atoms in total. The van der Waals surface area contributed by atoms with Gasteiger partial charge in [0.2, 0.25) is 0 Å². The zero-order valence-electron chi connectivity index (χ0n) is 14.4. The van der Waals surface area contributed by atoms with Gasteiger partial charge in [-0.1, -0.05) is 53.5 Å². The zero-order valence-corrected chi connectivity index (χ0v) is 15.9. The number of benzene rings is 2. The van der Waals surface area contributed by atoms with Crippen LogP contribution in [0, 0.1) is 0 Å². The van der Waals surface area contributed by atoms with Crippen molar-refractivity contribution < 1.29 is 14.3 Å². The maximum Gasteiger partial charge on any atom is 0.311 e. The minimum atomic E-state index is -0.824. The van der Waals surface area contributed by atoms with Crippen LogP contribution in [0.15, 0.2) is 42.5 Å². The van der Waals surface area contributed by atoms with E-state index in [4.69, 9.17) is 27.9 Å². The van der Waals surface area contributed by atoms with Gasteiger partial charge in [-0.15, -0.1) is 0 Å². The quantitative estimate of drug-likeness (QED) is 0.738. The van der Waals surface area contributed by atoms with Crippen molar-refractivity contribution in [2.75, 3.05) is 6.54 Å². The van der Waals surface area contributed by atoms with E-state index in [2.05, 4.69) is 6.07 Å². The molecule has 2 aromatic rings. The number of carbonyl (C=O) groups is 2. The average Bonchev–Trinajstić information content (AvgIpc) is 2.63. The van der Waals surface area contributed by atoms with E-state index in [0.717, 1.165) is 12.0 Å². The minimum Gasteiger partial charge on any atom is -0.452 e. The summed E-state index contributed by atoms with van der Waals surface area (Å²) in [5.74, 6) is -0.649. The van der Waals surface area contributed by atoms with E-state index in [1.165, 1.54) is 5.56 Å². The normalized spacial score (nSPS) is 14.5. The molecule has 0 radical (unpaired) electrons. The standard InChI is InChI=1S/C20H19Cl2NO3/c1-13(26-19(24)11-14-6-7-17(21)18(22)10-14)20(25)23-9-8-15-4-2-3-5-16(15)12-23/h2-7,10,13H,8-9,11-12H2,1H3/t13-/m0/s1. The predicted octanol–water partition coefficient (Wildman–Crippen LogP) is 4.05. The molecular weight excluding hydrogens is 373 g/mol. The molecule has 3 rings (SSSR count). The molecule has 136 valence electrons. The lowest BCUT2D eigenvalue weighted by atomic mass is 9.99. The van der Waals surface area contributed by atoms with Gasteiger partial charge < -0.3 is 9.64 Å². The zero-order chi connectivity index (χ0) is 18.7. The number of carbonyl (C=O) groups excluding carboxylic acids is 2. The first kappa shape index (κ1) is 18.7. The van der Waals surface area contributed by atoms with Crippen LogP contribution in [0.1, 0.15) is 23.6 Å². The number of fused-ring (bicyclic) bond motifs is 1. The molecule has 0 unspecified atom stereocenters. The summed E-state index contributed by atoms with van der Waals surface area (Å²) in [4.78, 5) is 26.5. The van der Waals surface area contributed by atoms with Crippen molar-refractivity contribution in [3.63, 3.8) is 0 Å². The lowest BCUT2D eigenvalue weighted by Gasteiger charge is -2.30. The molecule has 0 spiro atoms. The van der Waals surface area contributed by atoms with Crippen LogP contribution in [0.5, 0.6) is 0 Å². The van der Waals surface area contributed by atoms with Gasteiger partial charge in [0.25, 0.3) is 5.91 Å². The number of esters is 1. The molecule has 0 saturated heterocycles. The lowest BCUT2D eigenvalue weighted by molar-refractivity contribution is -0.159. The highest BCUT2D eigenvalue weighted by molar-refractivity contribution is 6.42. The van der Waals surface area contributed by atoms with Gasteiger partial charge in [-0.05, 0) is 42.2 Å². The molecule has 1 aliphatic rings. The molecule has 0 aromatic heterocycles. The lowest BCUT2D eigenvalue weighted by Crippen LogP contribution is -2.42. The number of rotatable bonds is 4. The number of nitrogens with zero attached hydrogens (tertiary/aromatic N) is 1. The summed E-state index contributed by atoms with van der Waals surface area (Å²) >= 11 is 11.8. The van der Waals surface area contributed by atoms with Crippen molar-refractivity contribution >= 4 is 35.1 Å². The smallest absolute Gasteiger partial charge is 0.311 e. The molecule has 1 amide bonds. The van der Waals surface area contributed by atoms with Crippen LogP contribution < -0.4 is 0 Å². The van der Waals surface area contributed by atoms with E-state index < -0.39 is 12.1 Å². The third kappa shape index (κ3) is 4.37. The molecule has 26 heavy (non-hydrogen) atoms. The summed E-state index contributed by atoms with van der Waals surface area (Å²) < 4.78 is 5.32. The predicted molar refractivity (Wildman–Crippen MR) is 101 cm³/mol. The molecule has 0 fully saturated rings. The number of halogens is 2. The molecule has 2 aromatic carbocycles. The van der Waals surface area contributed by atoms with Crippen LogP contribution in [0.3, 0.4) is 0 Å². The topological polar surface area (TPSA) is 46.6 Å².